The second-order valence-electron chi connectivity index (χ2n) is 5.34. The van der Waals surface area contributed by atoms with Crippen molar-refractivity contribution in [2.24, 2.45) is 0 Å². The van der Waals surface area contributed by atoms with Crippen molar-refractivity contribution in [1.29, 1.82) is 0 Å². The van der Waals surface area contributed by atoms with Gasteiger partial charge in [0.25, 0.3) is 0 Å². The predicted molar refractivity (Wildman–Crippen MR) is 75.4 cm³/mol. The molecule has 0 saturated carbocycles. The van der Waals surface area contributed by atoms with Crippen molar-refractivity contribution in [2.45, 2.75) is 25.8 Å². The first-order valence-electron chi connectivity index (χ1n) is 6.28. The van der Waals surface area contributed by atoms with E-state index in [4.69, 9.17) is 0 Å². The molecule has 0 aliphatic carbocycles. The lowest BCUT2D eigenvalue weighted by molar-refractivity contribution is 0.441. The molecular weight excluding hydrogens is 283 g/mol. The molecule has 0 unspecified atom stereocenters. The number of rotatable bonds is 5. The van der Waals surface area contributed by atoms with E-state index in [1.807, 2.05) is 11.4 Å². The van der Waals surface area contributed by atoms with Crippen LogP contribution in [0.2, 0.25) is 0 Å². The van der Waals surface area contributed by atoms with E-state index in [-0.39, 0.29) is 5.41 Å². The third kappa shape index (κ3) is 3.41. The Bertz CT molecular complexity index is 556. The van der Waals surface area contributed by atoms with Crippen LogP contribution in [0.3, 0.4) is 0 Å². The summed E-state index contributed by atoms with van der Waals surface area (Å²) in [5.41, 5.74) is 0.328. The van der Waals surface area contributed by atoms with Crippen LogP contribution in [0.1, 0.15) is 24.3 Å². The number of thiophene rings is 1. The van der Waals surface area contributed by atoms with Gasteiger partial charge in [0.1, 0.15) is 0 Å². The summed E-state index contributed by atoms with van der Waals surface area (Å²) in [4.78, 5) is 1.24. The smallest absolute Gasteiger partial charge is 0.194 e. The molecule has 1 nitrogen and oxygen atoms in total. The van der Waals surface area contributed by atoms with E-state index in [0.29, 0.717) is 18.7 Å². The fourth-order valence-electron chi connectivity index (χ4n) is 1.98. The Kier molecular flexibility index (Phi) is 4.50. The second kappa shape index (κ2) is 5.97. The van der Waals surface area contributed by atoms with Crippen LogP contribution in [-0.4, -0.2) is 6.54 Å². The SMILES string of the molecule is CC(C)(CNCc1cc(F)c(F)c(F)c1)c1cccs1. The van der Waals surface area contributed by atoms with E-state index in [9.17, 15) is 13.2 Å². The fourth-order valence-corrected chi connectivity index (χ4v) is 2.83. The van der Waals surface area contributed by atoms with Gasteiger partial charge in [0, 0.05) is 23.4 Å². The zero-order valence-corrected chi connectivity index (χ0v) is 12.2. The molecule has 20 heavy (non-hydrogen) atoms. The summed E-state index contributed by atoms with van der Waals surface area (Å²) in [7, 11) is 0. The van der Waals surface area contributed by atoms with Crippen molar-refractivity contribution >= 4 is 11.3 Å². The van der Waals surface area contributed by atoms with Crippen LogP contribution in [0.5, 0.6) is 0 Å². The van der Waals surface area contributed by atoms with Gasteiger partial charge >= 0.3 is 0 Å². The number of nitrogens with one attached hydrogen (secondary N) is 1. The molecule has 1 heterocycles. The van der Waals surface area contributed by atoms with Gasteiger partial charge in [0.05, 0.1) is 0 Å². The average molecular weight is 299 g/mol. The summed E-state index contributed by atoms with van der Waals surface area (Å²) in [6, 6.07) is 6.09. The molecular formula is C15H16F3NS. The summed E-state index contributed by atoms with van der Waals surface area (Å²) in [5.74, 6) is -3.73. The molecule has 0 radical (unpaired) electrons. The Morgan fingerprint density at radius 1 is 1.15 bits per heavy atom. The molecule has 0 bridgehead atoms. The van der Waals surface area contributed by atoms with E-state index in [0.717, 1.165) is 12.1 Å². The van der Waals surface area contributed by atoms with E-state index in [1.165, 1.54) is 4.88 Å². The molecule has 0 aliphatic heterocycles. The lowest BCUT2D eigenvalue weighted by Crippen LogP contribution is -2.32. The van der Waals surface area contributed by atoms with E-state index in [1.54, 1.807) is 11.3 Å². The van der Waals surface area contributed by atoms with Crippen molar-refractivity contribution in [2.75, 3.05) is 6.54 Å². The minimum absolute atomic E-state index is 0.0642. The first-order chi connectivity index (χ1) is 9.40. The molecule has 2 rings (SSSR count). The minimum atomic E-state index is -1.42. The van der Waals surface area contributed by atoms with Crippen LogP contribution in [0.15, 0.2) is 29.6 Å². The highest BCUT2D eigenvalue weighted by molar-refractivity contribution is 7.10. The Balaban J connectivity index is 1.96. The van der Waals surface area contributed by atoms with Gasteiger partial charge in [-0.15, -0.1) is 11.3 Å². The van der Waals surface area contributed by atoms with E-state index >= 15 is 0 Å². The molecule has 0 fully saturated rings. The van der Waals surface area contributed by atoms with Gasteiger partial charge in [-0.05, 0) is 29.1 Å². The quantitative estimate of drug-likeness (QED) is 0.815. The van der Waals surface area contributed by atoms with Gasteiger partial charge < -0.3 is 5.32 Å². The Hall–Kier alpha value is -1.33. The highest BCUT2D eigenvalue weighted by Crippen LogP contribution is 2.26. The maximum absolute atomic E-state index is 13.1. The molecule has 0 saturated heterocycles. The summed E-state index contributed by atoms with van der Waals surface area (Å²) >= 11 is 1.67. The van der Waals surface area contributed by atoms with Crippen LogP contribution < -0.4 is 5.32 Å². The van der Waals surface area contributed by atoms with Crippen LogP contribution in [-0.2, 0) is 12.0 Å². The molecule has 2 aromatic rings. The second-order valence-corrected chi connectivity index (χ2v) is 6.29. The third-order valence-electron chi connectivity index (χ3n) is 3.13. The molecule has 1 aromatic heterocycles. The Labute approximate surface area is 120 Å². The monoisotopic (exact) mass is 299 g/mol. The zero-order valence-electron chi connectivity index (χ0n) is 11.3. The number of hydrogen-bond donors (Lipinski definition) is 1. The van der Waals surface area contributed by atoms with Gasteiger partial charge in [-0.25, -0.2) is 13.2 Å². The summed E-state index contributed by atoms with van der Waals surface area (Å²) in [6.07, 6.45) is 0. The molecule has 0 amide bonds. The van der Waals surface area contributed by atoms with Crippen molar-refractivity contribution < 1.29 is 13.2 Å². The van der Waals surface area contributed by atoms with Gasteiger partial charge in [0.15, 0.2) is 17.5 Å². The topological polar surface area (TPSA) is 12.0 Å². The summed E-state index contributed by atoms with van der Waals surface area (Å²) < 4.78 is 39.0. The van der Waals surface area contributed by atoms with Gasteiger partial charge in [0.2, 0.25) is 0 Å². The van der Waals surface area contributed by atoms with E-state index < -0.39 is 17.5 Å². The van der Waals surface area contributed by atoms with Crippen LogP contribution in [0, 0.1) is 17.5 Å². The van der Waals surface area contributed by atoms with Crippen LogP contribution >= 0.6 is 11.3 Å². The normalized spacial score (nSPS) is 11.8. The van der Waals surface area contributed by atoms with E-state index in [2.05, 4.69) is 25.2 Å². The van der Waals surface area contributed by atoms with Gasteiger partial charge in [-0.3, -0.25) is 0 Å². The van der Waals surface area contributed by atoms with Crippen molar-refractivity contribution in [3.05, 3.63) is 57.5 Å². The van der Waals surface area contributed by atoms with Crippen molar-refractivity contribution in [3.8, 4) is 0 Å². The van der Waals surface area contributed by atoms with Gasteiger partial charge in [-0.2, -0.15) is 0 Å². The lowest BCUT2D eigenvalue weighted by atomic mass is 9.91. The lowest BCUT2D eigenvalue weighted by Gasteiger charge is -2.23. The average Bonchev–Trinajstić information content (AvgIpc) is 2.90. The van der Waals surface area contributed by atoms with Crippen molar-refractivity contribution in [1.82, 2.24) is 5.32 Å². The Morgan fingerprint density at radius 3 is 2.35 bits per heavy atom. The maximum Gasteiger partial charge on any atom is 0.194 e. The van der Waals surface area contributed by atoms with Crippen LogP contribution in [0.4, 0.5) is 13.2 Å². The molecule has 0 spiro atoms. The third-order valence-corrected chi connectivity index (χ3v) is 4.36. The standard InChI is InChI=1S/C15H16F3NS/c1-15(2,13-4-3-5-20-13)9-19-8-10-6-11(16)14(18)12(17)7-10/h3-7,19H,8-9H2,1-2H3. The predicted octanol–water partition coefficient (Wildman–Crippen LogP) is 4.23. The summed E-state index contributed by atoms with van der Waals surface area (Å²) in [5, 5.41) is 5.17. The summed E-state index contributed by atoms with van der Waals surface area (Å²) in [6.45, 7) is 5.15. The first-order valence-corrected chi connectivity index (χ1v) is 7.16. The van der Waals surface area contributed by atoms with Crippen molar-refractivity contribution in [3.63, 3.8) is 0 Å². The maximum atomic E-state index is 13.1. The highest BCUT2D eigenvalue weighted by Gasteiger charge is 2.21. The highest BCUT2D eigenvalue weighted by atomic mass is 32.1. The minimum Gasteiger partial charge on any atom is -0.312 e. The molecule has 5 heteroatoms. The molecule has 1 aromatic carbocycles. The number of hydrogen-bond acceptors (Lipinski definition) is 2. The number of benzene rings is 1. The zero-order chi connectivity index (χ0) is 14.8. The fraction of sp³-hybridized carbons (Fsp3) is 0.333. The number of halogens is 3. The Morgan fingerprint density at radius 2 is 1.80 bits per heavy atom. The molecule has 1 N–H and O–H groups in total. The molecule has 0 aliphatic rings. The largest absolute Gasteiger partial charge is 0.312 e. The molecule has 0 atom stereocenters. The first kappa shape index (κ1) is 15.1. The van der Waals surface area contributed by atoms with Crippen LogP contribution in [0.25, 0.3) is 0 Å². The molecule has 108 valence electrons. The van der Waals surface area contributed by atoms with Gasteiger partial charge in [-0.1, -0.05) is 19.9 Å².